The molecule has 0 radical (unpaired) electrons. The lowest BCUT2D eigenvalue weighted by Gasteiger charge is -2.08. The standard InChI is InChI=1S/C10H14FNO2S/c1-7(12)6-8-4-3-5-9(10(8)11)15(2,13)14/h3-5,7H,6,12H2,1-2H3. The van der Waals surface area contributed by atoms with Crippen LogP contribution in [0, 0.1) is 5.82 Å². The first-order valence-electron chi connectivity index (χ1n) is 4.55. The lowest BCUT2D eigenvalue weighted by molar-refractivity contribution is 0.554. The largest absolute Gasteiger partial charge is 0.328 e. The SMILES string of the molecule is CC(N)Cc1cccc(S(C)(=O)=O)c1F. The summed E-state index contributed by atoms with van der Waals surface area (Å²) in [7, 11) is -3.51. The highest BCUT2D eigenvalue weighted by Gasteiger charge is 2.16. The van der Waals surface area contributed by atoms with E-state index in [1.807, 2.05) is 0 Å². The highest BCUT2D eigenvalue weighted by atomic mass is 32.2. The molecule has 84 valence electrons. The Hall–Kier alpha value is -0.940. The van der Waals surface area contributed by atoms with Crippen LogP contribution >= 0.6 is 0 Å². The van der Waals surface area contributed by atoms with Gasteiger partial charge >= 0.3 is 0 Å². The molecule has 0 fully saturated rings. The van der Waals surface area contributed by atoms with Crippen molar-refractivity contribution in [2.24, 2.45) is 5.73 Å². The first-order chi connectivity index (χ1) is 6.82. The molecule has 3 nitrogen and oxygen atoms in total. The summed E-state index contributed by atoms with van der Waals surface area (Å²) in [6.07, 6.45) is 1.32. The van der Waals surface area contributed by atoms with Crippen LogP contribution < -0.4 is 5.73 Å². The summed E-state index contributed by atoms with van der Waals surface area (Å²) in [6.45, 7) is 1.74. The van der Waals surface area contributed by atoms with Crippen LogP contribution in [-0.2, 0) is 16.3 Å². The summed E-state index contributed by atoms with van der Waals surface area (Å²) >= 11 is 0. The minimum Gasteiger partial charge on any atom is -0.328 e. The van der Waals surface area contributed by atoms with Crippen LogP contribution in [0.5, 0.6) is 0 Å². The highest BCUT2D eigenvalue weighted by molar-refractivity contribution is 7.90. The molecule has 0 heterocycles. The van der Waals surface area contributed by atoms with Crippen LogP contribution in [0.3, 0.4) is 0 Å². The number of hydrogen-bond donors (Lipinski definition) is 1. The van der Waals surface area contributed by atoms with Crippen LogP contribution in [0.1, 0.15) is 12.5 Å². The zero-order valence-electron chi connectivity index (χ0n) is 8.70. The van der Waals surface area contributed by atoms with Crippen molar-refractivity contribution >= 4 is 9.84 Å². The van der Waals surface area contributed by atoms with Crippen molar-refractivity contribution in [1.29, 1.82) is 0 Å². The van der Waals surface area contributed by atoms with E-state index in [0.717, 1.165) is 6.26 Å². The number of nitrogens with two attached hydrogens (primary N) is 1. The molecule has 0 aliphatic carbocycles. The first-order valence-corrected chi connectivity index (χ1v) is 6.44. The Bertz CT molecular complexity index is 454. The minimum absolute atomic E-state index is 0.200. The number of halogens is 1. The van der Waals surface area contributed by atoms with Crippen molar-refractivity contribution in [1.82, 2.24) is 0 Å². The molecule has 0 saturated carbocycles. The van der Waals surface area contributed by atoms with E-state index in [1.54, 1.807) is 13.0 Å². The van der Waals surface area contributed by atoms with Gasteiger partial charge in [0.2, 0.25) is 0 Å². The molecule has 1 unspecified atom stereocenters. The molecule has 2 N–H and O–H groups in total. The van der Waals surface area contributed by atoms with Crippen molar-refractivity contribution in [2.75, 3.05) is 6.26 Å². The molecular formula is C10H14FNO2S. The smallest absolute Gasteiger partial charge is 0.178 e. The van der Waals surface area contributed by atoms with Crippen molar-refractivity contribution in [3.63, 3.8) is 0 Å². The number of rotatable bonds is 3. The Kier molecular flexibility index (Phi) is 3.46. The van der Waals surface area contributed by atoms with Gasteiger partial charge in [-0.05, 0) is 25.0 Å². The average molecular weight is 231 g/mol. The monoisotopic (exact) mass is 231 g/mol. The lowest BCUT2D eigenvalue weighted by Crippen LogP contribution is -2.19. The molecule has 1 rings (SSSR count). The van der Waals surface area contributed by atoms with Crippen LogP contribution in [-0.4, -0.2) is 20.7 Å². The van der Waals surface area contributed by atoms with Crippen LogP contribution in [0.25, 0.3) is 0 Å². The predicted octanol–water partition coefficient (Wildman–Crippen LogP) is 1.12. The van der Waals surface area contributed by atoms with Crippen molar-refractivity contribution in [3.05, 3.63) is 29.6 Å². The molecule has 0 spiro atoms. The van der Waals surface area contributed by atoms with Gasteiger partial charge in [0.15, 0.2) is 9.84 Å². The van der Waals surface area contributed by atoms with E-state index < -0.39 is 15.7 Å². The third-order valence-corrected chi connectivity index (χ3v) is 3.10. The van der Waals surface area contributed by atoms with E-state index in [0.29, 0.717) is 12.0 Å². The number of sulfone groups is 1. The molecule has 0 aliphatic rings. The number of hydrogen-bond acceptors (Lipinski definition) is 3. The van der Waals surface area contributed by atoms with Gasteiger partial charge in [-0.25, -0.2) is 12.8 Å². The normalized spacial score (nSPS) is 13.9. The zero-order chi connectivity index (χ0) is 11.6. The third kappa shape index (κ3) is 3.00. The molecule has 0 aromatic heterocycles. The quantitative estimate of drug-likeness (QED) is 0.848. The van der Waals surface area contributed by atoms with Crippen LogP contribution in [0.2, 0.25) is 0 Å². The van der Waals surface area contributed by atoms with E-state index in [9.17, 15) is 12.8 Å². The summed E-state index contributed by atoms with van der Waals surface area (Å²) in [5, 5.41) is 0. The van der Waals surface area contributed by atoms with Gasteiger partial charge in [0.05, 0.1) is 0 Å². The van der Waals surface area contributed by atoms with E-state index in [2.05, 4.69) is 0 Å². The van der Waals surface area contributed by atoms with Gasteiger partial charge in [-0.15, -0.1) is 0 Å². The van der Waals surface area contributed by atoms with E-state index in [4.69, 9.17) is 5.73 Å². The summed E-state index contributed by atoms with van der Waals surface area (Å²) in [5.41, 5.74) is 5.88. The van der Waals surface area contributed by atoms with Gasteiger partial charge in [0, 0.05) is 12.3 Å². The topological polar surface area (TPSA) is 60.2 Å². The summed E-state index contributed by atoms with van der Waals surface area (Å²) in [5.74, 6) is -0.683. The Morgan fingerprint density at radius 2 is 2.07 bits per heavy atom. The molecular weight excluding hydrogens is 217 g/mol. The molecule has 0 aliphatic heterocycles. The van der Waals surface area contributed by atoms with Crippen molar-refractivity contribution in [3.8, 4) is 0 Å². The molecule has 5 heteroatoms. The predicted molar refractivity (Wildman–Crippen MR) is 56.9 cm³/mol. The molecule has 1 atom stereocenters. The molecule has 15 heavy (non-hydrogen) atoms. The minimum atomic E-state index is -3.51. The van der Waals surface area contributed by atoms with E-state index >= 15 is 0 Å². The third-order valence-electron chi connectivity index (χ3n) is 1.98. The van der Waals surface area contributed by atoms with Gasteiger partial charge in [-0.3, -0.25) is 0 Å². The van der Waals surface area contributed by atoms with Gasteiger partial charge < -0.3 is 5.73 Å². The van der Waals surface area contributed by atoms with E-state index in [1.165, 1.54) is 12.1 Å². The maximum atomic E-state index is 13.7. The summed E-state index contributed by atoms with van der Waals surface area (Å²) in [6, 6.07) is 4.13. The van der Waals surface area contributed by atoms with Crippen molar-refractivity contribution < 1.29 is 12.8 Å². The van der Waals surface area contributed by atoms with Crippen LogP contribution in [0.4, 0.5) is 4.39 Å². The lowest BCUT2D eigenvalue weighted by atomic mass is 10.1. The fourth-order valence-corrected chi connectivity index (χ4v) is 2.13. The van der Waals surface area contributed by atoms with Crippen molar-refractivity contribution in [2.45, 2.75) is 24.3 Å². The number of benzene rings is 1. The van der Waals surface area contributed by atoms with Gasteiger partial charge in [0.25, 0.3) is 0 Å². The highest BCUT2D eigenvalue weighted by Crippen LogP contribution is 2.18. The average Bonchev–Trinajstić information content (AvgIpc) is 2.05. The molecule has 0 amide bonds. The fraction of sp³-hybridized carbons (Fsp3) is 0.400. The Morgan fingerprint density at radius 3 is 2.53 bits per heavy atom. The molecule has 0 saturated heterocycles. The van der Waals surface area contributed by atoms with Gasteiger partial charge in [-0.2, -0.15) is 0 Å². The second kappa shape index (κ2) is 4.28. The molecule has 0 bridgehead atoms. The second-order valence-electron chi connectivity index (χ2n) is 3.68. The second-order valence-corrected chi connectivity index (χ2v) is 5.67. The zero-order valence-corrected chi connectivity index (χ0v) is 9.51. The molecule has 1 aromatic rings. The first kappa shape index (κ1) is 12.1. The summed E-state index contributed by atoms with van der Waals surface area (Å²) < 4.78 is 36.1. The summed E-state index contributed by atoms with van der Waals surface area (Å²) in [4.78, 5) is -0.263. The molecule has 1 aromatic carbocycles. The fourth-order valence-electron chi connectivity index (χ4n) is 1.35. The maximum Gasteiger partial charge on any atom is 0.178 e. The van der Waals surface area contributed by atoms with Gasteiger partial charge in [0.1, 0.15) is 10.7 Å². The van der Waals surface area contributed by atoms with E-state index in [-0.39, 0.29) is 10.9 Å². The maximum absolute atomic E-state index is 13.7. The van der Waals surface area contributed by atoms with Crippen LogP contribution in [0.15, 0.2) is 23.1 Å². The Balaban J connectivity index is 3.24. The Labute approximate surface area is 89.0 Å². The Morgan fingerprint density at radius 1 is 1.47 bits per heavy atom. The van der Waals surface area contributed by atoms with Gasteiger partial charge in [-0.1, -0.05) is 12.1 Å².